The molecule has 0 bridgehead atoms. The van der Waals surface area contributed by atoms with Crippen molar-refractivity contribution in [3.63, 3.8) is 0 Å². The van der Waals surface area contributed by atoms with Crippen LogP contribution in [0.25, 0.3) is 0 Å². The fourth-order valence-electron chi connectivity index (χ4n) is 3.32. The number of nitrogens with zero attached hydrogens (tertiary/aromatic N) is 1. The molecule has 2 aromatic carbocycles. The quantitative estimate of drug-likeness (QED) is 0.718. The molecule has 9 heteroatoms. The van der Waals surface area contributed by atoms with Gasteiger partial charge in [0, 0.05) is 11.3 Å². The van der Waals surface area contributed by atoms with E-state index >= 15 is 0 Å². The fourth-order valence-corrected chi connectivity index (χ4v) is 3.32. The Morgan fingerprint density at radius 1 is 1.10 bits per heavy atom. The molecule has 0 aliphatic carbocycles. The maximum atomic E-state index is 12.9. The zero-order valence-corrected chi connectivity index (χ0v) is 16.5. The summed E-state index contributed by atoms with van der Waals surface area (Å²) >= 11 is 0. The third-order valence-electron chi connectivity index (χ3n) is 4.67. The number of para-hydroxylation sites is 1. The van der Waals surface area contributed by atoms with Crippen LogP contribution < -0.4 is 19.7 Å². The lowest BCUT2D eigenvalue weighted by Crippen LogP contribution is -2.48. The van der Waals surface area contributed by atoms with Crippen molar-refractivity contribution in [1.82, 2.24) is 5.32 Å². The molecule has 7 nitrogen and oxygen atoms in total. The highest BCUT2D eigenvalue weighted by atomic mass is 19.3. The number of methoxy groups -OCH3 is 2. The molecule has 0 fully saturated rings. The van der Waals surface area contributed by atoms with Crippen LogP contribution in [0.15, 0.2) is 59.8 Å². The van der Waals surface area contributed by atoms with Crippen molar-refractivity contribution in [2.24, 2.45) is 0 Å². The van der Waals surface area contributed by atoms with E-state index in [1.807, 2.05) is 0 Å². The van der Waals surface area contributed by atoms with Crippen LogP contribution in [0.4, 0.5) is 19.3 Å². The average molecular weight is 418 g/mol. The van der Waals surface area contributed by atoms with E-state index in [-0.39, 0.29) is 16.9 Å². The topological polar surface area (TPSA) is 77.1 Å². The van der Waals surface area contributed by atoms with Gasteiger partial charge in [-0.25, -0.2) is 9.59 Å². The first-order valence-electron chi connectivity index (χ1n) is 8.94. The van der Waals surface area contributed by atoms with Crippen molar-refractivity contribution in [2.75, 3.05) is 19.1 Å². The minimum absolute atomic E-state index is 0.0956. The van der Waals surface area contributed by atoms with Gasteiger partial charge in [-0.2, -0.15) is 8.78 Å². The lowest BCUT2D eigenvalue weighted by atomic mass is 9.94. The number of amides is 2. The predicted octanol–water partition coefficient (Wildman–Crippen LogP) is 4.01. The van der Waals surface area contributed by atoms with Crippen molar-refractivity contribution >= 4 is 17.7 Å². The number of ether oxygens (including phenoxy) is 3. The molecule has 1 aliphatic rings. The molecule has 3 rings (SSSR count). The second-order valence-corrected chi connectivity index (χ2v) is 6.32. The van der Waals surface area contributed by atoms with Crippen LogP contribution in [0.1, 0.15) is 18.5 Å². The minimum Gasteiger partial charge on any atom is -0.497 e. The number of hydrogen-bond donors (Lipinski definition) is 1. The molecule has 1 atom stereocenters. The van der Waals surface area contributed by atoms with Crippen molar-refractivity contribution < 1.29 is 32.6 Å². The van der Waals surface area contributed by atoms with E-state index in [1.54, 1.807) is 37.3 Å². The smallest absolute Gasteiger partial charge is 0.387 e. The third-order valence-corrected chi connectivity index (χ3v) is 4.67. The van der Waals surface area contributed by atoms with Crippen LogP contribution in [0, 0.1) is 0 Å². The van der Waals surface area contributed by atoms with E-state index in [2.05, 4.69) is 10.1 Å². The van der Waals surface area contributed by atoms with Crippen molar-refractivity contribution in [1.29, 1.82) is 0 Å². The van der Waals surface area contributed by atoms with E-state index in [0.29, 0.717) is 17.1 Å². The second-order valence-electron chi connectivity index (χ2n) is 6.32. The Hall–Kier alpha value is -3.62. The summed E-state index contributed by atoms with van der Waals surface area (Å²) in [6.07, 6.45) is 0. The molecule has 1 N–H and O–H groups in total. The number of anilines is 1. The number of carbonyl (C=O) groups excluding carboxylic acids is 2. The van der Waals surface area contributed by atoms with Gasteiger partial charge in [0.15, 0.2) is 0 Å². The van der Waals surface area contributed by atoms with Gasteiger partial charge in [0.1, 0.15) is 11.5 Å². The van der Waals surface area contributed by atoms with Gasteiger partial charge in [-0.3, -0.25) is 4.90 Å². The summed E-state index contributed by atoms with van der Waals surface area (Å²) in [4.78, 5) is 26.9. The highest BCUT2D eigenvalue weighted by Gasteiger charge is 2.38. The second kappa shape index (κ2) is 8.81. The Morgan fingerprint density at radius 3 is 2.37 bits per heavy atom. The van der Waals surface area contributed by atoms with Gasteiger partial charge in [-0.15, -0.1) is 0 Å². The van der Waals surface area contributed by atoms with Gasteiger partial charge in [0.05, 0.1) is 31.5 Å². The van der Waals surface area contributed by atoms with Gasteiger partial charge in [0.25, 0.3) is 0 Å². The van der Waals surface area contributed by atoms with Crippen LogP contribution in [0.2, 0.25) is 0 Å². The number of carbonyl (C=O) groups is 2. The molecule has 0 radical (unpaired) electrons. The Bertz CT molecular complexity index is 976. The molecule has 2 aromatic rings. The third kappa shape index (κ3) is 4.05. The van der Waals surface area contributed by atoms with Crippen molar-refractivity contribution in [3.05, 3.63) is 65.4 Å². The number of benzene rings is 2. The molecule has 0 saturated carbocycles. The first-order chi connectivity index (χ1) is 14.4. The summed E-state index contributed by atoms with van der Waals surface area (Å²) < 4.78 is 40.3. The molecular formula is C21H20F2N2O5. The van der Waals surface area contributed by atoms with Gasteiger partial charge >= 0.3 is 18.6 Å². The Labute approximate surface area is 171 Å². The lowest BCUT2D eigenvalue weighted by molar-refractivity contribution is -0.136. The average Bonchev–Trinajstić information content (AvgIpc) is 2.73. The molecule has 1 heterocycles. The standard InChI is InChI=1S/C21H20F2N2O5/c1-12-17(19(26)29-3)18(15-6-4-5-7-16(15)30-20(22)23)24-21(27)25(12)13-8-10-14(28-2)11-9-13/h4-11,18,20H,1-3H3,(H,24,27)/t18-/m0/s1. The molecule has 2 amide bonds. The molecule has 158 valence electrons. The van der Waals surface area contributed by atoms with Crippen LogP contribution >= 0.6 is 0 Å². The zero-order valence-electron chi connectivity index (χ0n) is 16.5. The van der Waals surface area contributed by atoms with E-state index < -0.39 is 24.7 Å². The van der Waals surface area contributed by atoms with Crippen molar-refractivity contribution in [2.45, 2.75) is 19.6 Å². The summed E-state index contributed by atoms with van der Waals surface area (Å²) in [5, 5.41) is 2.69. The highest BCUT2D eigenvalue weighted by molar-refractivity contribution is 6.03. The van der Waals surface area contributed by atoms with Gasteiger partial charge < -0.3 is 19.5 Å². The number of esters is 1. The normalized spacial score (nSPS) is 16.4. The summed E-state index contributed by atoms with van der Waals surface area (Å²) in [5.41, 5.74) is 1.09. The number of rotatable bonds is 6. The predicted molar refractivity (Wildman–Crippen MR) is 105 cm³/mol. The molecule has 1 aliphatic heterocycles. The van der Waals surface area contributed by atoms with Gasteiger partial charge in [-0.1, -0.05) is 18.2 Å². The Kier molecular flexibility index (Phi) is 6.20. The molecule has 30 heavy (non-hydrogen) atoms. The summed E-state index contributed by atoms with van der Waals surface area (Å²) in [6, 6.07) is 11.0. The van der Waals surface area contributed by atoms with Crippen LogP contribution in [-0.4, -0.2) is 32.8 Å². The van der Waals surface area contributed by atoms with Crippen LogP contribution in [0.3, 0.4) is 0 Å². The van der Waals surface area contributed by atoms with E-state index in [1.165, 1.54) is 37.3 Å². The van der Waals surface area contributed by atoms with Crippen LogP contribution in [0.5, 0.6) is 11.5 Å². The Balaban J connectivity index is 2.12. The monoisotopic (exact) mass is 418 g/mol. The number of alkyl halides is 2. The van der Waals surface area contributed by atoms with Gasteiger partial charge in [-0.05, 0) is 37.3 Å². The lowest BCUT2D eigenvalue weighted by Gasteiger charge is -2.35. The molecule has 0 spiro atoms. The number of hydrogen-bond acceptors (Lipinski definition) is 5. The highest BCUT2D eigenvalue weighted by Crippen LogP contribution is 2.38. The zero-order chi connectivity index (χ0) is 21.8. The van der Waals surface area contributed by atoms with E-state index in [4.69, 9.17) is 9.47 Å². The number of halogens is 2. The molecule has 0 saturated heterocycles. The maximum absolute atomic E-state index is 12.9. The number of urea groups is 1. The first kappa shape index (κ1) is 21.1. The Morgan fingerprint density at radius 2 is 1.77 bits per heavy atom. The summed E-state index contributed by atoms with van der Waals surface area (Å²) in [6.45, 7) is -1.48. The van der Waals surface area contributed by atoms with Crippen LogP contribution in [-0.2, 0) is 9.53 Å². The fraction of sp³-hybridized carbons (Fsp3) is 0.238. The molecule has 0 unspecified atom stereocenters. The molecule has 0 aromatic heterocycles. The number of nitrogens with one attached hydrogen (secondary N) is 1. The van der Waals surface area contributed by atoms with E-state index in [9.17, 15) is 18.4 Å². The first-order valence-corrected chi connectivity index (χ1v) is 8.94. The van der Waals surface area contributed by atoms with Gasteiger partial charge in [0.2, 0.25) is 0 Å². The largest absolute Gasteiger partial charge is 0.497 e. The molecular weight excluding hydrogens is 398 g/mol. The van der Waals surface area contributed by atoms with Crippen molar-refractivity contribution in [3.8, 4) is 11.5 Å². The maximum Gasteiger partial charge on any atom is 0.387 e. The summed E-state index contributed by atoms with van der Waals surface area (Å²) in [5.74, 6) is -0.255. The van der Waals surface area contributed by atoms with E-state index in [0.717, 1.165) is 0 Å². The minimum atomic E-state index is -3.06. The number of allylic oxidation sites excluding steroid dienone is 1. The SMILES string of the molecule is COC(=O)C1=C(C)N(c2ccc(OC)cc2)C(=O)N[C@H]1c1ccccc1OC(F)F. The summed E-state index contributed by atoms with van der Waals surface area (Å²) in [7, 11) is 2.72.